The Labute approximate surface area is 158 Å². The summed E-state index contributed by atoms with van der Waals surface area (Å²) in [5, 5.41) is 2.87. The summed E-state index contributed by atoms with van der Waals surface area (Å²) >= 11 is 0. The topological polar surface area (TPSA) is 65.4 Å². The van der Waals surface area contributed by atoms with Crippen molar-refractivity contribution in [1.29, 1.82) is 0 Å². The Bertz CT molecular complexity index is 862. The van der Waals surface area contributed by atoms with Gasteiger partial charge in [0.1, 0.15) is 17.3 Å². The van der Waals surface area contributed by atoms with Gasteiger partial charge in [0, 0.05) is 37.1 Å². The molecule has 2 aromatic carbocycles. The highest BCUT2D eigenvalue weighted by atomic mass is 16.5. The van der Waals surface area contributed by atoms with Crippen molar-refractivity contribution in [3.63, 3.8) is 0 Å². The van der Waals surface area contributed by atoms with Crippen LogP contribution in [0.4, 0.5) is 0 Å². The van der Waals surface area contributed by atoms with Crippen molar-refractivity contribution in [2.24, 2.45) is 0 Å². The average molecular weight is 365 g/mol. The predicted molar refractivity (Wildman–Crippen MR) is 104 cm³/mol. The van der Waals surface area contributed by atoms with Crippen molar-refractivity contribution in [3.05, 3.63) is 67.0 Å². The lowest BCUT2D eigenvalue weighted by Gasteiger charge is -2.10. The Balaban J connectivity index is 1.40. The lowest BCUT2D eigenvalue weighted by atomic mass is 10.2. The fraction of sp³-hybridized carbons (Fsp3) is 0.238. The van der Waals surface area contributed by atoms with E-state index in [0.717, 1.165) is 24.4 Å². The van der Waals surface area contributed by atoms with Crippen LogP contribution in [-0.2, 0) is 11.3 Å². The summed E-state index contributed by atoms with van der Waals surface area (Å²) in [5.74, 6) is 2.09. The largest absolute Gasteiger partial charge is 0.497 e. The molecule has 3 aromatic rings. The summed E-state index contributed by atoms with van der Waals surface area (Å²) in [5.41, 5.74) is 1.08. The molecular weight excluding hydrogens is 342 g/mol. The lowest BCUT2D eigenvalue weighted by molar-refractivity contribution is -0.123. The smallest absolute Gasteiger partial charge is 0.257 e. The summed E-state index contributed by atoms with van der Waals surface area (Å²) in [7, 11) is 1.59. The standard InChI is InChI=1S/C21H23N3O3/c1-26-18-9-5-10-19(15-18)27-16-20(25)22-11-6-13-24-14-12-23-21(24)17-7-3-2-4-8-17/h2-5,7-10,12,14-15H,6,11,13,16H2,1H3,(H,22,25). The third-order valence-corrected chi connectivity index (χ3v) is 4.06. The maximum absolute atomic E-state index is 11.9. The van der Waals surface area contributed by atoms with Gasteiger partial charge >= 0.3 is 0 Å². The second-order valence-corrected chi connectivity index (χ2v) is 5.98. The van der Waals surface area contributed by atoms with Gasteiger partial charge in [-0.15, -0.1) is 0 Å². The first kappa shape index (κ1) is 18.5. The molecule has 6 nitrogen and oxygen atoms in total. The van der Waals surface area contributed by atoms with Gasteiger partial charge in [-0.3, -0.25) is 4.79 Å². The summed E-state index contributed by atoms with van der Waals surface area (Å²) in [6.45, 7) is 1.33. The van der Waals surface area contributed by atoms with Gasteiger partial charge in [-0.25, -0.2) is 4.98 Å². The first-order valence-corrected chi connectivity index (χ1v) is 8.86. The highest BCUT2D eigenvalue weighted by molar-refractivity contribution is 5.77. The molecule has 0 saturated heterocycles. The molecule has 0 fully saturated rings. The van der Waals surface area contributed by atoms with Gasteiger partial charge in [0.05, 0.1) is 7.11 Å². The minimum absolute atomic E-state index is 0.0203. The second-order valence-electron chi connectivity index (χ2n) is 5.98. The molecule has 0 spiro atoms. The van der Waals surface area contributed by atoms with Crippen LogP contribution < -0.4 is 14.8 Å². The van der Waals surface area contributed by atoms with Crippen LogP contribution in [0.3, 0.4) is 0 Å². The van der Waals surface area contributed by atoms with E-state index in [9.17, 15) is 4.79 Å². The third-order valence-electron chi connectivity index (χ3n) is 4.06. The first-order chi connectivity index (χ1) is 13.3. The molecule has 1 heterocycles. The Morgan fingerprint density at radius 1 is 1.11 bits per heavy atom. The summed E-state index contributed by atoms with van der Waals surface area (Å²) in [4.78, 5) is 16.4. The normalized spacial score (nSPS) is 10.4. The third kappa shape index (κ3) is 5.34. The van der Waals surface area contributed by atoms with Crippen LogP contribution in [0.25, 0.3) is 11.4 Å². The molecule has 0 radical (unpaired) electrons. The van der Waals surface area contributed by atoms with E-state index < -0.39 is 0 Å². The van der Waals surface area contributed by atoms with Gasteiger partial charge in [-0.05, 0) is 18.6 Å². The van der Waals surface area contributed by atoms with Crippen LogP contribution in [0.1, 0.15) is 6.42 Å². The van der Waals surface area contributed by atoms with E-state index in [1.165, 1.54) is 0 Å². The van der Waals surface area contributed by atoms with Crippen LogP contribution >= 0.6 is 0 Å². The summed E-state index contributed by atoms with van der Waals surface area (Å²) in [6.07, 6.45) is 4.56. The summed E-state index contributed by atoms with van der Waals surface area (Å²) < 4.78 is 12.7. The monoisotopic (exact) mass is 365 g/mol. The van der Waals surface area contributed by atoms with Crippen molar-refractivity contribution in [2.45, 2.75) is 13.0 Å². The molecule has 1 aromatic heterocycles. The zero-order chi connectivity index (χ0) is 18.9. The molecular formula is C21H23N3O3. The van der Waals surface area contributed by atoms with Crippen molar-refractivity contribution < 1.29 is 14.3 Å². The van der Waals surface area contributed by atoms with Gasteiger partial charge in [0.25, 0.3) is 5.91 Å². The highest BCUT2D eigenvalue weighted by Crippen LogP contribution is 2.19. The van der Waals surface area contributed by atoms with Crippen LogP contribution in [-0.4, -0.2) is 35.7 Å². The number of imidazole rings is 1. The molecule has 0 aliphatic heterocycles. The number of aryl methyl sites for hydroxylation is 1. The fourth-order valence-corrected chi connectivity index (χ4v) is 2.71. The Hall–Kier alpha value is -3.28. The van der Waals surface area contributed by atoms with Gasteiger partial charge in [0.15, 0.2) is 6.61 Å². The quantitative estimate of drug-likeness (QED) is 0.592. The van der Waals surface area contributed by atoms with Gasteiger partial charge < -0.3 is 19.4 Å². The molecule has 140 valence electrons. The van der Waals surface area contributed by atoms with E-state index in [0.29, 0.717) is 18.0 Å². The van der Waals surface area contributed by atoms with E-state index in [-0.39, 0.29) is 12.5 Å². The van der Waals surface area contributed by atoms with Gasteiger partial charge in [-0.2, -0.15) is 0 Å². The molecule has 0 bridgehead atoms. The van der Waals surface area contributed by atoms with Crippen LogP contribution in [0.2, 0.25) is 0 Å². The van der Waals surface area contributed by atoms with E-state index in [1.54, 1.807) is 25.4 Å². The SMILES string of the molecule is COc1cccc(OCC(=O)NCCCn2ccnc2-c2ccccc2)c1. The maximum atomic E-state index is 11.9. The number of methoxy groups -OCH3 is 1. The molecule has 27 heavy (non-hydrogen) atoms. The molecule has 3 rings (SSSR count). The number of hydrogen-bond donors (Lipinski definition) is 1. The van der Waals surface area contributed by atoms with Crippen LogP contribution in [0, 0.1) is 0 Å². The average Bonchev–Trinajstić information content (AvgIpc) is 3.19. The minimum Gasteiger partial charge on any atom is -0.497 e. The zero-order valence-electron chi connectivity index (χ0n) is 15.3. The maximum Gasteiger partial charge on any atom is 0.257 e. The summed E-state index contributed by atoms with van der Waals surface area (Å²) in [6, 6.07) is 17.2. The number of carbonyl (C=O) groups is 1. The molecule has 6 heteroatoms. The van der Waals surface area contributed by atoms with Crippen molar-refractivity contribution >= 4 is 5.91 Å². The highest BCUT2D eigenvalue weighted by Gasteiger charge is 2.06. The number of nitrogens with zero attached hydrogens (tertiary/aromatic N) is 2. The first-order valence-electron chi connectivity index (χ1n) is 8.86. The predicted octanol–water partition coefficient (Wildman–Crippen LogP) is 3.14. The van der Waals surface area contributed by atoms with Gasteiger partial charge in [0.2, 0.25) is 0 Å². The molecule has 0 atom stereocenters. The number of ether oxygens (including phenoxy) is 2. The number of aromatic nitrogens is 2. The molecule has 0 unspecified atom stereocenters. The number of carbonyl (C=O) groups excluding carboxylic acids is 1. The van der Waals surface area contributed by atoms with E-state index in [4.69, 9.17) is 9.47 Å². The molecule has 1 amide bonds. The van der Waals surface area contributed by atoms with E-state index in [1.807, 2.05) is 48.7 Å². The van der Waals surface area contributed by atoms with Crippen molar-refractivity contribution in [3.8, 4) is 22.9 Å². The Morgan fingerprint density at radius 2 is 1.93 bits per heavy atom. The fourth-order valence-electron chi connectivity index (χ4n) is 2.71. The Morgan fingerprint density at radius 3 is 2.74 bits per heavy atom. The van der Waals surface area contributed by atoms with Crippen LogP contribution in [0.5, 0.6) is 11.5 Å². The lowest BCUT2D eigenvalue weighted by Crippen LogP contribution is -2.30. The second kappa shape index (κ2) is 9.43. The minimum atomic E-state index is -0.147. The number of rotatable bonds is 9. The Kier molecular flexibility index (Phi) is 6.46. The molecule has 0 aliphatic carbocycles. The zero-order valence-corrected chi connectivity index (χ0v) is 15.3. The van der Waals surface area contributed by atoms with Crippen molar-refractivity contribution in [1.82, 2.24) is 14.9 Å². The van der Waals surface area contributed by atoms with E-state index in [2.05, 4.69) is 14.9 Å². The molecule has 0 saturated carbocycles. The number of benzene rings is 2. The number of hydrogen-bond acceptors (Lipinski definition) is 4. The van der Waals surface area contributed by atoms with Crippen LogP contribution in [0.15, 0.2) is 67.0 Å². The van der Waals surface area contributed by atoms with Gasteiger partial charge in [-0.1, -0.05) is 36.4 Å². The molecule has 0 aliphatic rings. The van der Waals surface area contributed by atoms with Crippen molar-refractivity contribution in [2.75, 3.05) is 20.3 Å². The number of amides is 1. The van der Waals surface area contributed by atoms with E-state index >= 15 is 0 Å². The number of nitrogens with one attached hydrogen (secondary N) is 1. The molecule has 1 N–H and O–H groups in total.